The van der Waals surface area contributed by atoms with Crippen LogP contribution in [0.4, 0.5) is 0 Å². The lowest BCUT2D eigenvalue weighted by Crippen LogP contribution is -2.11. The molecule has 0 aliphatic heterocycles. The molecule has 0 saturated heterocycles. The molecule has 18 heavy (non-hydrogen) atoms. The van der Waals surface area contributed by atoms with E-state index in [1.54, 1.807) is 0 Å². The third-order valence-electron chi connectivity index (χ3n) is 3.55. The molecule has 3 heteroatoms. The first-order valence-electron chi connectivity index (χ1n) is 6.57. The fourth-order valence-electron chi connectivity index (χ4n) is 2.30. The Morgan fingerprint density at radius 3 is 2.39 bits per heavy atom. The number of rotatable bonds is 5. The molecule has 3 rings (SSSR count). The van der Waals surface area contributed by atoms with Crippen LogP contribution in [-0.4, -0.2) is 0 Å². The molecule has 0 radical (unpaired) electrons. The molecule has 1 aliphatic rings. The Bertz CT molecular complexity index is 526. The molecule has 1 N–H and O–H groups in total. The lowest BCUT2D eigenvalue weighted by atomic mass is 10.3. The van der Waals surface area contributed by atoms with Crippen molar-refractivity contribution in [1.82, 2.24) is 5.32 Å². The smallest absolute Gasteiger partial charge is 0.117 e. The number of aryl methyl sites for hydroxylation is 1. The summed E-state index contributed by atoms with van der Waals surface area (Å²) in [6.45, 7) is 5.72. The lowest BCUT2D eigenvalue weighted by Gasteiger charge is -2.00. The highest BCUT2D eigenvalue weighted by molar-refractivity contribution is 5.17. The molecule has 1 fully saturated rings. The van der Waals surface area contributed by atoms with Gasteiger partial charge in [-0.3, -0.25) is 0 Å². The summed E-state index contributed by atoms with van der Waals surface area (Å²) in [7, 11) is 0. The molecule has 0 spiro atoms. The fraction of sp³-hybridized carbons (Fsp3) is 0.467. The van der Waals surface area contributed by atoms with E-state index in [0.717, 1.165) is 42.0 Å². The zero-order chi connectivity index (χ0) is 12.5. The summed E-state index contributed by atoms with van der Waals surface area (Å²) in [6, 6.07) is 8.17. The van der Waals surface area contributed by atoms with Gasteiger partial charge in [-0.1, -0.05) is 6.92 Å². The van der Waals surface area contributed by atoms with Gasteiger partial charge in [-0.05, 0) is 43.5 Å². The van der Waals surface area contributed by atoms with E-state index >= 15 is 0 Å². The van der Waals surface area contributed by atoms with Gasteiger partial charge in [-0.25, -0.2) is 0 Å². The molecular weight excluding hydrogens is 226 g/mol. The summed E-state index contributed by atoms with van der Waals surface area (Å²) in [5.41, 5.74) is 0. The Morgan fingerprint density at radius 2 is 1.78 bits per heavy atom. The van der Waals surface area contributed by atoms with Crippen LogP contribution in [0.2, 0.25) is 0 Å². The third-order valence-corrected chi connectivity index (χ3v) is 3.55. The highest BCUT2D eigenvalue weighted by Crippen LogP contribution is 2.47. The van der Waals surface area contributed by atoms with E-state index < -0.39 is 0 Å². The largest absolute Gasteiger partial charge is 0.465 e. The summed E-state index contributed by atoms with van der Waals surface area (Å²) >= 11 is 0. The number of hydrogen-bond acceptors (Lipinski definition) is 3. The van der Waals surface area contributed by atoms with Gasteiger partial charge in [0.1, 0.15) is 23.0 Å². The molecule has 0 aromatic carbocycles. The van der Waals surface area contributed by atoms with Gasteiger partial charge in [0, 0.05) is 5.92 Å². The van der Waals surface area contributed by atoms with Crippen molar-refractivity contribution in [3.63, 3.8) is 0 Å². The number of nitrogens with one attached hydrogen (secondary N) is 1. The SMILES string of the molecule is Cc1ccc(CNCc2ccc([C@H]3C[C@@H]3C)o2)o1. The van der Waals surface area contributed by atoms with Crippen LogP contribution in [0.5, 0.6) is 0 Å². The zero-order valence-electron chi connectivity index (χ0n) is 10.9. The lowest BCUT2D eigenvalue weighted by molar-refractivity contribution is 0.424. The van der Waals surface area contributed by atoms with Crippen LogP contribution >= 0.6 is 0 Å². The first kappa shape index (κ1) is 11.6. The minimum absolute atomic E-state index is 0.659. The van der Waals surface area contributed by atoms with E-state index in [0.29, 0.717) is 5.92 Å². The second-order valence-electron chi connectivity index (χ2n) is 5.24. The average Bonchev–Trinajstić information content (AvgIpc) is 2.79. The Balaban J connectivity index is 1.49. The molecule has 2 heterocycles. The van der Waals surface area contributed by atoms with E-state index in [1.807, 2.05) is 19.1 Å². The van der Waals surface area contributed by atoms with Gasteiger partial charge in [-0.2, -0.15) is 0 Å². The molecule has 1 aliphatic carbocycles. The van der Waals surface area contributed by atoms with Gasteiger partial charge >= 0.3 is 0 Å². The monoisotopic (exact) mass is 245 g/mol. The van der Waals surface area contributed by atoms with E-state index in [9.17, 15) is 0 Å². The number of hydrogen-bond donors (Lipinski definition) is 1. The second-order valence-corrected chi connectivity index (χ2v) is 5.24. The molecule has 2 aromatic rings. The van der Waals surface area contributed by atoms with Crippen molar-refractivity contribution >= 4 is 0 Å². The maximum atomic E-state index is 5.83. The maximum Gasteiger partial charge on any atom is 0.117 e. The summed E-state index contributed by atoms with van der Waals surface area (Å²) in [4.78, 5) is 0. The van der Waals surface area contributed by atoms with Crippen molar-refractivity contribution in [2.45, 2.75) is 39.3 Å². The van der Waals surface area contributed by atoms with E-state index in [2.05, 4.69) is 24.4 Å². The normalized spacial score (nSPS) is 22.3. The standard InChI is InChI=1S/C15H19NO2/c1-10-7-14(10)15-6-5-13(18-15)9-16-8-12-4-3-11(2)17-12/h3-6,10,14,16H,7-9H2,1-2H3/t10-,14-/m0/s1. The quantitative estimate of drug-likeness (QED) is 0.874. The van der Waals surface area contributed by atoms with Crippen LogP contribution in [0.3, 0.4) is 0 Å². The molecule has 3 nitrogen and oxygen atoms in total. The first-order chi connectivity index (χ1) is 8.72. The summed E-state index contributed by atoms with van der Waals surface area (Å²) in [6.07, 6.45) is 1.27. The Labute approximate surface area is 107 Å². The Morgan fingerprint density at radius 1 is 1.11 bits per heavy atom. The molecule has 0 unspecified atom stereocenters. The van der Waals surface area contributed by atoms with Crippen molar-refractivity contribution < 1.29 is 8.83 Å². The second kappa shape index (κ2) is 4.65. The molecule has 96 valence electrons. The van der Waals surface area contributed by atoms with E-state index in [-0.39, 0.29) is 0 Å². The molecule has 1 saturated carbocycles. The molecule has 0 amide bonds. The minimum atomic E-state index is 0.659. The van der Waals surface area contributed by atoms with E-state index in [1.165, 1.54) is 6.42 Å². The van der Waals surface area contributed by atoms with Gasteiger partial charge in [0.2, 0.25) is 0 Å². The summed E-state index contributed by atoms with van der Waals surface area (Å²) < 4.78 is 11.3. The van der Waals surface area contributed by atoms with Crippen molar-refractivity contribution in [1.29, 1.82) is 0 Å². The van der Waals surface area contributed by atoms with Gasteiger partial charge in [0.15, 0.2) is 0 Å². The molecule has 2 atom stereocenters. The summed E-state index contributed by atoms with van der Waals surface area (Å²) in [5, 5.41) is 3.33. The minimum Gasteiger partial charge on any atom is -0.465 e. The summed E-state index contributed by atoms with van der Waals surface area (Å²) in [5.74, 6) is 5.53. The number of furan rings is 2. The maximum absolute atomic E-state index is 5.83. The van der Waals surface area contributed by atoms with Crippen molar-refractivity contribution in [2.24, 2.45) is 5.92 Å². The van der Waals surface area contributed by atoms with Crippen LogP contribution in [0, 0.1) is 12.8 Å². The Kier molecular flexibility index (Phi) is 3.00. The predicted octanol–water partition coefficient (Wildman–Crippen LogP) is 3.59. The Hall–Kier alpha value is -1.48. The van der Waals surface area contributed by atoms with Crippen LogP contribution in [0.25, 0.3) is 0 Å². The van der Waals surface area contributed by atoms with Gasteiger partial charge in [0.05, 0.1) is 13.1 Å². The van der Waals surface area contributed by atoms with Crippen LogP contribution in [-0.2, 0) is 13.1 Å². The van der Waals surface area contributed by atoms with Gasteiger partial charge in [0.25, 0.3) is 0 Å². The topological polar surface area (TPSA) is 38.3 Å². The molecular formula is C15H19NO2. The van der Waals surface area contributed by atoms with E-state index in [4.69, 9.17) is 8.83 Å². The molecule has 0 bridgehead atoms. The van der Waals surface area contributed by atoms with Crippen molar-refractivity contribution in [3.05, 3.63) is 47.3 Å². The van der Waals surface area contributed by atoms with Crippen molar-refractivity contribution in [2.75, 3.05) is 0 Å². The van der Waals surface area contributed by atoms with Gasteiger partial charge < -0.3 is 14.2 Å². The van der Waals surface area contributed by atoms with Crippen molar-refractivity contribution in [3.8, 4) is 0 Å². The molecule has 2 aromatic heterocycles. The van der Waals surface area contributed by atoms with Crippen LogP contribution in [0.15, 0.2) is 33.1 Å². The average molecular weight is 245 g/mol. The predicted molar refractivity (Wildman–Crippen MR) is 69.2 cm³/mol. The third kappa shape index (κ3) is 2.51. The van der Waals surface area contributed by atoms with Crippen LogP contribution < -0.4 is 5.32 Å². The first-order valence-corrected chi connectivity index (χ1v) is 6.57. The highest BCUT2D eigenvalue weighted by Gasteiger charge is 2.36. The van der Waals surface area contributed by atoms with Gasteiger partial charge in [-0.15, -0.1) is 0 Å². The highest BCUT2D eigenvalue weighted by atomic mass is 16.3. The van der Waals surface area contributed by atoms with Crippen LogP contribution in [0.1, 0.15) is 42.3 Å². The fourth-order valence-corrected chi connectivity index (χ4v) is 2.30. The zero-order valence-corrected chi connectivity index (χ0v) is 10.9.